The highest BCUT2D eigenvalue weighted by atomic mass is 32.1. The van der Waals surface area contributed by atoms with Crippen LogP contribution in [0, 0.1) is 6.92 Å². The number of aromatic nitrogens is 2. The first-order valence-corrected chi connectivity index (χ1v) is 8.54. The quantitative estimate of drug-likeness (QED) is 0.547. The molecule has 2 heterocycles. The molecule has 0 spiro atoms. The highest BCUT2D eigenvalue weighted by molar-refractivity contribution is 7.15. The lowest BCUT2D eigenvalue weighted by Gasteiger charge is -2.04. The van der Waals surface area contributed by atoms with Crippen molar-refractivity contribution in [3.05, 3.63) is 63.0 Å². The lowest BCUT2D eigenvalue weighted by Crippen LogP contribution is -2.16. The van der Waals surface area contributed by atoms with E-state index in [1.165, 1.54) is 41.1 Å². The number of aryl methyl sites for hydroxylation is 1. The van der Waals surface area contributed by atoms with Crippen molar-refractivity contribution in [3.8, 4) is 11.5 Å². The molecule has 0 aliphatic rings. The number of hydrogen-bond donors (Lipinski definition) is 1. The molecule has 0 amide bonds. The second kappa shape index (κ2) is 7.40. The number of nitrogens with zero attached hydrogens (tertiary/aromatic N) is 2. The van der Waals surface area contributed by atoms with E-state index in [4.69, 9.17) is 9.47 Å². The molecule has 1 N–H and O–H groups in total. The maximum absolute atomic E-state index is 12.1. The Morgan fingerprint density at radius 3 is 2.96 bits per heavy atom. The number of ether oxygens (including phenoxy) is 2. The molecule has 3 aromatic rings. The molecule has 2 aromatic heterocycles. The zero-order valence-corrected chi connectivity index (χ0v) is 14.9. The topological polar surface area (TPSA) is 90.1 Å². The van der Waals surface area contributed by atoms with Crippen LogP contribution in [0.5, 0.6) is 11.5 Å². The molecule has 8 heteroatoms. The average Bonchev–Trinajstić information content (AvgIpc) is 3.00. The van der Waals surface area contributed by atoms with Gasteiger partial charge in [0.15, 0.2) is 16.5 Å². The van der Waals surface area contributed by atoms with Crippen LogP contribution >= 0.6 is 11.3 Å². The Balaban J connectivity index is 1.66. The van der Waals surface area contributed by atoms with Crippen molar-refractivity contribution in [3.63, 3.8) is 0 Å². The van der Waals surface area contributed by atoms with E-state index >= 15 is 0 Å². The third-order valence-electron chi connectivity index (χ3n) is 3.61. The van der Waals surface area contributed by atoms with Gasteiger partial charge in [0.1, 0.15) is 6.61 Å². The average molecular weight is 372 g/mol. The first kappa shape index (κ1) is 17.7. The van der Waals surface area contributed by atoms with Gasteiger partial charge in [-0.3, -0.25) is 9.20 Å². The van der Waals surface area contributed by atoms with Gasteiger partial charge in [-0.2, -0.15) is 0 Å². The molecule has 0 atom stereocenters. The molecule has 0 saturated heterocycles. The van der Waals surface area contributed by atoms with Gasteiger partial charge in [0, 0.05) is 23.2 Å². The van der Waals surface area contributed by atoms with Gasteiger partial charge in [-0.25, -0.2) is 9.78 Å². The van der Waals surface area contributed by atoms with Crippen molar-refractivity contribution in [1.82, 2.24) is 9.38 Å². The van der Waals surface area contributed by atoms with Gasteiger partial charge in [0.2, 0.25) is 0 Å². The van der Waals surface area contributed by atoms with Crippen LogP contribution in [-0.4, -0.2) is 27.6 Å². The summed E-state index contributed by atoms with van der Waals surface area (Å²) in [6.45, 7) is 1.74. The lowest BCUT2D eigenvalue weighted by molar-refractivity contribution is -0.139. The Kier molecular flexibility index (Phi) is 5.04. The summed E-state index contributed by atoms with van der Waals surface area (Å²) in [5.74, 6) is -0.241. The highest BCUT2D eigenvalue weighted by Gasteiger charge is 2.08. The van der Waals surface area contributed by atoms with Gasteiger partial charge >= 0.3 is 5.97 Å². The number of thiazole rings is 1. The number of methoxy groups -OCH3 is 1. The molecule has 134 valence electrons. The number of phenols is 1. The van der Waals surface area contributed by atoms with Crippen LogP contribution in [0.1, 0.15) is 17.0 Å². The number of hydrogen-bond acceptors (Lipinski definition) is 7. The number of aromatic hydroxyl groups is 1. The van der Waals surface area contributed by atoms with Crippen molar-refractivity contribution in [2.24, 2.45) is 0 Å². The Morgan fingerprint density at radius 1 is 1.38 bits per heavy atom. The minimum Gasteiger partial charge on any atom is -0.504 e. The first-order valence-electron chi connectivity index (χ1n) is 7.66. The van der Waals surface area contributed by atoms with Gasteiger partial charge in [0.25, 0.3) is 5.56 Å². The normalized spacial score (nSPS) is 11.2. The van der Waals surface area contributed by atoms with E-state index in [-0.39, 0.29) is 17.9 Å². The molecule has 0 radical (unpaired) electrons. The standard InChI is InChI=1S/C18H16N2O5S/c1-11-10-26-18-19-13(8-16(22)20(11)18)9-25-17(23)6-4-12-3-5-14(21)15(7-12)24-2/h3-8,10,21H,9H2,1-2H3/b6-4+. The monoisotopic (exact) mass is 372 g/mol. The molecule has 0 aliphatic carbocycles. The molecule has 7 nitrogen and oxygen atoms in total. The van der Waals surface area contributed by atoms with Gasteiger partial charge in [-0.15, -0.1) is 11.3 Å². The smallest absolute Gasteiger partial charge is 0.331 e. The number of rotatable bonds is 5. The van der Waals surface area contributed by atoms with Gasteiger partial charge in [-0.05, 0) is 30.7 Å². The number of carbonyl (C=O) groups is 1. The molecule has 26 heavy (non-hydrogen) atoms. The van der Waals surface area contributed by atoms with Crippen LogP contribution < -0.4 is 10.3 Å². The molecule has 0 fully saturated rings. The SMILES string of the molecule is COc1cc(/C=C/C(=O)OCc2cc(=O)n3c(C)csc3n2)ccc1O. The molecule has 3 rings (SSSR count). The Bertz CT molecular complexity index is 1050. The van der Waals surface area contributed by atoms with E-state index in [1.54, 1.807) is 18.2 Å². The zero-order valence-electron chi connectivity index (χ0n) is 14.1. The van der Waals surface area contributed by atoms with Crippen molar-refractivity contribution < 1.29 is 19.4 Å². The molecule has 0 bridgehead atoms. The summed E-state index contributed by atoms with van der Waals surface area (Å²) in [5.41, 5.74) is 1.68. The molecule has 1 aromatic carbocycles. The van der Waals surface area contributed by atoms with Gasteiger partial charge in [-0.1, -0.05) is 6.07 Å². The van der Waals surface area contributed by atoms with Crippen LogP contribution in [0.4, 0.5) is 0 Å². The van der Waals surface area contributed by atoms with Crippen molar-refractivity contribution >= 4 is 28.3 Å². The van der Waals surface area contributed by atoms with Crippen LogP contribution in [0.2, 0.25) is 0 Å². The summed E-state index contributed by atoms with van der Waals surface area (Å²) in [5, 5.41) is 11.4. The van der Waals surface area contributed by atoms with Crippen molar-refractivity contribution in [2.75, 3.05) is 7.11 Å². The van der Waals surface area contributed by atoms with Crippen molar-refractivity contribution in [1.29, 1.82) is 0 Å². The predicted octanol–water partition coefficient (Wildman–Crippen LogP) is 2.54. The van der Waals surface area contributed by atoms with E-state index in [0.29, 0.717) is 22.0 Å². The van der Waals surface area contributed by atoms with E-state index in [2.05, 4.69) is 4.98 Å². The van der Waals surface area contributed by atoms with E-state index < -0.39 is 5.97 Å². The second-order valence-electron chi connectivity index (χ2n) is 5.45. The van der Waals surface area contributed by atoms with Crippen LogP contribution in [0.3, 0.4) is 0 Å². The maximum atomic E-state index is 12.1. The fourth-order valence-electron chi connectivity index (χ4n) is 2.33. The van der Waals surface area contributed by atoms with Crippen LogP contribution in [0.15, 0.2) is 40.5 Å². The predicted molar refractivity (Wildman–Crippen MR) is 97.6 cm³/mol. The number of phenolic OH excluding ortho intramolecular Hbond substituents is 1. The third kappa shape index (κ3) is 3.75. The third-order valence-corrected chi connectivity index (χ3v) is 4.55. The fourth-order valence-corrected chi connectivity index (χ4v) is 3.22. The molecule has 0 aliphatic heterocycles. The molecule has 0 saturated carbocycles. The number of benzene rings is 1. The van der Waals surface area contributed by atoms with E-state index in [0.717, 1.165) is 5.69 Å². The summed E-state index contributed by atoms with van der Waals surface area (Å²) in [4.78, 5) is 28.8. The number of carbonyl (C=O) groups excluding carboxylic acids is 1. The lowest BCUT2D eigenvalue weighted by atomic mass is 10.2. The van der Waals surface area contributed by atoms with Gasteiger partial charge in [0.05, 0.1) is 12.8 Å². The Morgan fingerprint density at radius 2 is 2.19 bits per heavy atom. The number of fused-ring (bicyclic) bond motifs is 1. The van der Waals surface area contributed by atoms with E-state index in [9.17, 15) is 14.7 Å². The maximum Gasteiger partial charge on any atom is 0.331 e. The van der Waals surface area contributed by atoms with Crippen LogP contribution in [-0.2, 0) is 16.1 Å². The largest absolute Gasteiger partial charge is 0.504 e. The fraction of sp³-hybridized carbons (Fsp3) is 0.167. The molecular weight excluding hydrogens is 356 g/mol. The summed E-state index contributed by atoms with van der Waals surface area (Å²) < 4.78 is 11.6. The minimum atomic E-state index is -0.568. The Hall–Kier alpha value is -3.13. The Labute approximate surface area is 152 Å². The second-order valence-corrected chi connectivity index (χ2v) is 6.29. The zero-order chi connectivity index (χ0) is 18.7. The van der Waals surface area contributed by atoms with Gasteiger partial charge < -0.3 is 14.6 Å². The summed E-state index contributed by atoms with van der Waals surface area (Å²) in [6, 6.07) is 6.06. The van der Waals surface area contributed by atoms with Crippen LogP contribution in [0.25, 0.3) is 11.0 Å². The van der Waals surface area contributed by atoms with Crippen molar-refractivity contribution in [2.45, 2.75) is 13.5 Å². The summed E-state index contributed by atoms with van der Waals surface area (Å²) in [7, 11) is 1.44. The summed E-state index contributed by atoms with van der Waals surface area (Å²) >= 11 is 1.35. The highest BCUT2D eigenvalue weighted by Crippen LogP contribution is 2.26. The minimum absolute atomic E-state index is 0.0174. The first-order chi connectivity index (χ1) is 12.5. The molecular formula is C18H16N2O5S. The summed E-state index contributed by atoms with van der Waals surface area (Å²) in [6.07, 6.45) is 2.80. The van der Waals surface area contributed by atoms with E-state index in [1.807, 2.05) is 12.3 Å². The number of esters is 1. The molecule has 0 unspecified atom stereocenters.